The van der Waals surface area contributed by atoms with Crippen molar-refractivity contribution in [1.82, 2.24) is 10.2 Å². The molecular formula is C23H38IN3O4. The third-order valence-electron chi connectivity index (χ3n) is 5.65. The van der Waals surface area contributed by atoms with Crippen LogP contribution in [-0.2, 0) is 14.9 Å². The molecule has 1 aromatic rings. The normalized spacial score (nSPS) is 18.6. The first kappa shape index (κ1) is 26.0. The van der Waals surface area contributed by atoms with Crippen LogP contribution in [0.1, 0.15) is 32.8 Å². The number of fused-ring (bicyclic) bond motifs is 1. The molecule has 176 valence electrons. The molecule has 2 aliphatic heterocycles. The van der Waals surface area contributed by atoms with Crippen LogP contribution in [0.5, 0.6) is 11.5 Å². The molecule has 3 rings (SSSR count). The lowest BCUT2D eigenvalue weighted by molar-refractivity contribution is 0.0536. The summed E-state index contributed by atoms with van der Waals surface area (Å²) in [5.41, 5.74) is 1.09. The molecule has 1 fully saturated rings. The Balaban J connectivity index is 0.00000341. The molecule has 1 aromatic carbocycles. The Morgan fingerprint density at radius 2 is 2.00 bits per heavy atom. The molecule has 1 atom stereocenters. The predicted molar refractivity (Wildman–Crippen MR) is 134 cm³/mol. The van der Waals surface area contributed by atoms with Crippen molar-refractivity contribution < 1.29 is 18.9 Å². The van der Waals surface area contributed by atoms with Crippen molar-refractivity contribution in [3.05, 3.63) is 23.8 Å². The Morgan fingerprint density at radius 3 is 2.74 bits per heavy atom. The standard InChI is InChI=1S/C23H37N3O4.HI/c1-5-24-22(26-9-8-18(15-26)16-28-11-10-27-4)25-17-23(2,3)19-6-7-20-21(14-19)30-13-12-29-20;/h6-7,14,18H,5,8-13,15-17H2,1-4H3,(H,24,25);1H. The van der Waals surface area contributed by atoms with Gasteiger partial charge < -0.3 is 29.2 Å². The van der Waals surface area contributed by atoms with Crippen molar-refractivity contribution in [3.63, 3.8) is 0 Å². The van der Waals surface area contributed by atoms with Crippen LogP contribution in [0.3, 0.4) is 0 Å². The van der Waals surface area contributed by atoms with Crippen LogP contribution < -0.4 is 14.8 Å². The fraction of sp³-hybridized carbons (Fsp3) is 0.696. The third-order valence-corrected chi connectivity index (χ3v) is 5.65. The molecule has 0 spiro atoms. The first-order valence-electron chi connectivity index (χ1n) is 11.0. The van der Waals surface area contributed by atoms with Crippen molar-refractivity contribution in [1.29, 1.82) is 0 Å². The van der Waals surface area contributed by atoms with Crippen LogP contribution >= 0.6 is 24.0 Å². The van der Waals surface area contributed by atoms with Gasteiger partial charge in [-0.2, -0.15) is 0 Å². The number of halogens is 1. The Morgan fingerprint density at radius 1 is 1.23 bits per heavy atom. The van der Waals surface area contributed by atoms with E-state index in [1.165, 1.54) is 5.56 Å². The summed E-state index contributed by atoms with van der Waals surface area (Å²) in [4.78, 5) is 7.35. The van der Waals surface area contributed by atoms with E-state index in [2.05, 4.69) is 43.1 Å². The molecule has 0 saturated carbocycles. The lowest BCUT2D eigenvalue weighted by atomic mass is 9.84. The lowest BCUT2D eigenvalue weighted by Gasteiger charge is -2.28. The number of hydrogen-bond donors (Lipinski definition) is 1. The molecule has 0 aliphatic carbocycles. The summed E-state index contributed by atoms with van der Waals surface area (Å²) in [5, 5.41) is 3.47. The number of ether oxygens (including phenoxy) is 4. The summed E-state index contributed by atoms with van der Waals surface area (Å²) in [7, 11) is 1.70. The molecule has 2 aliphatic rings. The van der Waals surface area contributed by atoms with Gasteiger partial charge in [0.25, 0.3) is 0 Å². The van der Waals surface area contributed by atoms with Gasteiger partial charge in [0.15, 0.2) is 17.5 Å². The molecule has 31 heavy (non-hydrogen) atoms. The van der Waals surface area contributed by atoms with Gasteiger partial charge >= 0.3 is 0 Å². The van der Waals surface area contributed by atoms with Gasteiger partial charge in [0, 0.05) is 38.1 Å². The molecule has 1 unspecified atom stereocenters. The van der Waals surface area contributed by atoms with Crippen LogP contribution in [0.4, 0.5) is 0 Å². The second-order valence-corrected chi connectivity index (χ2v) is 8.58. The average Bonchev–Trinajstić information content (AvgIpc) is 3.22. The number of nitrogens with one attached hydrogen (secondary N) is 1. The number of hydrogen-bond acceptors (Lipinski definition) is 5. The van der Waals surface area contributed by atoms with E-state index < -0.39 is 0 Å². The number of aliphatic imine (C=N–C) groups is 1. The highest BCUT2D eigenvalue weighted by molar-refractivity contribution is 14.0. The fourth-order valence-corrected chi connectivity index (χ4v) is 3.81. The van der Waals surface area contributed by atoms with E-state index >= 15 is 0 Å². The van der Waals surface area contributed by atoms with Crippen molar-refractivity contribution in [2.24, 2.45) is 10.9 Å². The smallest absolute Gasteiger partial charge is 0.193 e. The highest BCUT2D eigenvalue weighted by atomic mass is 127. The van der Waals surface area contributed by atoms with E-state index in [-0.39, 0.29) is 29.4 Å². The van der Waals surface area contributed by atoms with E-state index in [1.54, 1.807) is 7.11 Å². The van der Waals surface area contributed by atoms with Crippen LogP contribution in [-0.4, -0.2) is 77.2 Å². The summed E-state index contributed by atoms with van der Waals surface area (Å²) in [5.74, 6) is 3.19. The molecule has 1 saturated heterocycles. The molecule has 2 heterocycles. The van der Waals surface area contributed by atoms with Crippen LogP contribution in [0, 0.1) is 5.92 Å². The second kappa shape index (κ2) is 12.7. The van der Waals surface area contributed by atoms with Gasteiger partial charge in [0.05, 0.1) is 26.4 Å². The van der Waals surface area contributed by atoms with Crippen molar-refractivity contribution in [3.8, 4) is 11.5 Å². The molecule has 1 N–H and O–H groups in total. The number of likely N-dealkylation sites (tertiary alicyclic amines) is 1. The number of methoxy groups -OCH3 is 1. The molecule has 7 nitrogen and oxygen atoms in total. The Bertz CT molecular complexity index is 714. The maximum absolute atomic E-state index is 5.76. The highest BCUT2D eigenvalue weighted by Crippen LogP contribution is 2.35. The molecular weight excluding hydrogens is 509 g/mol. The van der Waals surface area contributed by atoms with E-state index in [0.29, 0.717) is 38.9 Å². The van der Waals surface area contributed by atoms with Gasteiger partial charge in [-0.3, -0.25) is 4.99 Å². The zero-order valence-electron chi connectivity index (χ0n) is 19.3. The van der Waals surface area contributed by atoms with Gasteiger partial charge in [-0.15, -0.1) is 24.0 Å². The summed E-state index contributed by atoms with van der Waals surface area (Å²) in [6.45, 7) is 13.4. The zero-order valence-corrected chi connectivity index (χ0v) is 21.6. The van der Waals surface area contributed by atoms with Gasteiger partial charge in [-0.05, 0) is 31.0 Å². The van der Waals surface area contributed by atoms with E-state index in [0.717, 1.165) is 50.1 Å². The van der Waals surface area contributed by atoms with Crippen molar-refractivity contribution in [2.45, 2.75) is 32.6 Å². The third kappa shape index (κ3) is 7.39. The Kier molecular flexibility index (Phi) is 10.6. The maximum atomic E-state index is 5.76. The quantitative estimate of drug-likeness (QED) is 0.222. The molecule has 0 radical (unpaired) electrons. The van der Waals surface area contributed by atoms with Crippen molar-refractivity contribution in [2.75, 3.05) is 66.3 Å². The summed E-state index contributed by atoms with van der Waals surface area (Å²) in [6, 6.07) is 6.23. The van der Waals surface area contributed by atoms with Crippen LogP contribution in [0.15, 0.2) is 23.2 Å². The first-order valence-corrected chi connectivity index (χ1v) is 11.0. The minimum Gasteiger partial charge on any atom is -0.486 e. The second-order valence-electron chi connectivity index (χ2n) is 8.58. The summed E-state index contributed by atoms with van der Waals surface area (Å²) < 4.78 is 22.2. The van der Waals surface area contributed by atoms with Crippen molar-refractivity contribution >= 4 is 29.9 Å². The summed E-state index contributed by atoms with van der Waals surface area (Å²) >= 11 is 0. The van der Waals surface area contributed by atoms with Gasteiger partial charge in [0.2, 0.25) is 0 Å². The van der Waals surface area contributed by atoms with Gasteiger partial charge in [-0.1, -0.05) is 19.9 Å². The molecule has 8 heteroatoms. The van der Waals surface area contributed by atoms with Crippen LogP contribution in [0.2, 0.25) is 0 Å². The monoisotopic (exact) mass is 547 g/mol. The molecule has 0 amide bonds. The number of rotatable bonds is 9. The average molecular weight is 547 g/mol. The Hall–Kier alpha value is -1.26. The predicted octanol–water partition coefficient (Wildman–Crippen LogP) is 3.30. The summed E-state index contributed by atoms with van der Waals surface area (Å²) in [6.07, 6.45) is 1.13. The van der Waals surface area contributed by atoms with E-state index in [1.807, 2.05) is 6.07 Å². The zero-order chi connectivity index (χ0) is 21.4. The van der Waals surface area contributed by atoms with Gasteiger partial charge in [0.1, 0.15) is 13.2 Å². The molecule has 0 bridgehead atoms. The van der Waals surface area contributed by atoms with E-state index in [4.69, 9.17) is 23.9 Å². The highest BCUT2D eigenvalue weighted by Gasteiger charge is 2.27. The minimum absolute atomic E-state index is 0. The lowest BCUT2D eigenvalue weighted by Crippen LogP contribution is -2.41. The van der Waals surface area contributed by atoms with Crippen LogP contribution in [0.25, 0.3) is 0 Å². The number of benzene rings is 1. The fourth-order valence-electron chi connectivity index (χ4n) is 3.81. The minimum atomic E-state index is -0.112. The number of guanidine groups is 1. The topological polar surface area (TPSA) is 64.6 Å². The largest absolute Gasteiger partial charge is 0.486 e. The Labute approximate surface area is 203 Å². The van der Waals surface area contributed by atoms with E-state index in [9.17, 15) is 0 Å². The van der Waals surface area contributed by atoms with Gasteiger partial charge in [-0.25, -0.2) is 0 Å². The first-order chi connectivity index (χ1) is 14.5. The number of nitrogens with zero attached hydrogens (tertiary/aromatic N) is 2. The molecule has 0 aromatic heterocycles. The maximum Gasteiger partial charge on any atom is 0.193 e. The SMILES string of the molecule is CCNC(=NCC(C)(C)c1ccc2c(c1)OCCO2)N1CCC(COCCOC)C1.I.